The third kappa shape index (κ3) is 4.84. The van der Waals surface area contributed by atoms with E-state index in [0.717, 1.165) is 35.0 Å². The fourth-order valence-corrected chi connectivity index (χ4v) is 15.0. The highest BCUT2D eigenvalue weighted by Gasteiger charge is 2.76. The van der Waals surface area contributed by atoms with Gasteiger partial charge in [0.2, 0.25) is 0 Å². The summed E-state index contributed by atoms with van der Waals surface area (Å²) < 4.78 is 0. The van der Waals surface area contributed by atoms with E-state index in [1.165, 1.54) is 105 Å². The van der Waals surface area contributed by atoms with Crippen LogP contribution in [0.1, 0.15) is 68.2 Å². The van der Waals surface area contributed by atoms with Crippen molar-refractivity contribution in [3.8, 4) is 55.6 Å². The molecule has 4 fully saturated rings. The standard InChI is InChI=1S/C62H51N/c1-60(2)55-14-8-6-12-51(55)53-30-29-50(36-58(53)60)63(48-25-20-43(21-26-48)42-18-16-41(17-19-42)40-10-4-3-5-11-40)49-27-22-44(23-28-49)45-24-31-57-54(34-45)52-13-7-9-15-56(52)62(57)47-33-39-32-46-35-59(62)61(46,37-39)38-47/h3-31,34,36,39,46-47,59H,32-33,35,37-38H2,1-2H3. The van der Waals surface area contributed by atoms with Crippen LogP contribution >= 0.6 is 0 Å². The van der Waals surface area contributed by atoms with Gasteiger partial charge in [0.05, 0.1) is 0 Å². The van der Waals surface area contributed by atoms with Crippen molar-refractivity contribution in [3.63, 3.8) is 0 Å². The van der Waals surface area contributed by atoms with Gasteiger partial charge in [0.25, 0.3) is 0 Å². The monoisotopic (exact) mass is 809 g/mol. The van der Waals surface area contributed by atoms with Crippen molar-refractivity contribution in [3.05, 3.63) is 210 Å². The lowest BCUT2D eigenvalue weighted by Crippen LogP contribution is -2.50. The van der Waals surface area contributed by atoms with Crippen LogP contribution in [0.4, 0.5) is 17.1 Å². The van der Waals surface area contributed by atoms with Gasteiger partial charge in [0, 0.05) is 27.9 Å². The molecule has 63 heavy (non-hydrogen) atoms. The molecular weight excluding hydrogens is 759 g/mol. The largest absolute Gasteiger partial charge is 0.310 e. The summed E-state index contributed by atoms with van der Waals surface area (Å²) in [5, 5.41) is 0. The highest BCUT2D eigenvalue weighted by Crippen LogP contribution is 2.83. The Kier molecular flexibility index (Phi) is 7.35. The van der Waals surface area contributed by atoms with Gasteiger partial charge in [0.1, 0.15) is 0 Å². The number of hydrogen-bond acceptors (Lipinski definition) is 1. The van der Waals surface area contributed by atoms with E-state index in [-0.39, 0.29) is 10.8 Å². The third-order valence-corrected chi connectivity index (χ3v) is 17.6. The van der Waals surface area contributed by atoms with Crippen LogP contribution in [0.25, 0.3) is 55.6 Å². The van der Waals surface area contributed by atoms with Crippen molar-refractivity contribution in [2.75, 3.05) is 4.90 Å². The maximum atomic E-state index is 2.57. The molecule has 0 amide bonds. The third-order valence-electron chi connectivity index (χ3n) is 17.6. The molecule has 14 rings (SSSR count). The van der Waals surface area contributed by atoms with Crippen molar-refractivity contribution in [1.82, 2.24) is 0 Å². The van der Waals surface area contributed by atoms with Gasteiger partial charge in [-0.25, -0.2) is 0 Å². The van der Waals surface area contributed by atoms with Crippen LogP contribution in [0, 0.1) is 29.1 Å². The van der Waals surface area contributed by atoms with Gasteiger partial charge in [-0.3, -0.25) is 0 Å². The second-order valence-corrected chi connectivity index (χ2v) is 20.6. The molecule has 1 nitrogen and oxygen atoms in total. The van der Waals surface area contributed by atoms with E-state index in [1.54, 1.807) is 11.1 Å². The molecule has 6 aliphatic carbocycles. The molecule has 0 aromatic heterocycles. The first-order valence-corrected chi connectivity index (χ1v) is 23.6. The van der Waals surface area contributed by atoms with Crippen LogP contribution in [-0.2, 0) is 10.8 Å². The Morgan fingerprint density at radius 3 is 1.59 bits per heavy atom. The zero-order valence-electron chi connectivity index (χ0n) is 36.2. The first kappa shape index (κ1) is 36.1. The molecule has 8 aromatic rings. The summed E-state index contributed by atoms with van der Waals surface area (Å²) in [6.07, 6.45) is 7.36. The van der Waals surface area contributed by atoms with E-state index < -0.39 is 0 Å². The summed E-state index contributed by atoms with van der Waals surface area (Å²) in [5.41, 5.74) is 23.5. The van der Waals surface area contributed by atoms with Crippen LogP contribution in [0.2, 0.25) is 0 Å². The molecule has 4 saturated carbocycles. The zero-order chi connectivity index (χ0) is 41.7. The summed E-state index contributed by atoms with van der Waals surface area (Å²) in [6, 6.07) is 71.3. The fourth-order valence-electron chi connectivity index (χ4n) is 15.0. The number of benzene rings is 8. The molecule has 6 unspecified atom stereocenters. The van der Waals surface area contributed by atoms with E-state index >= 15 is 0 Å². The Morgan fingerprint density at radius 2 is 0.889 bits per heavy atom. The lowest BCUT2D eigenvalue weighted by molar-refractivity contribution is -0.0193. The first-order valence-electron chi connectivity index (χ1n) is 23.6. The van der Waals surface area contributed by atoms with Crippen LogP contribution in [0.3, 0.4) is 0 Å². The molecule has 0 aliphatic heterocycles. The smallest absolute Gasteiger partial charge is 0.0465 e. The molecule has 3 bridgehead atoms. The highest BCUT2D eigenvalue weighted by atomic mass is 15.1. The SMILES string of the molecule is CC1(C)c2ccccc2-c2ccc(N(c3ccc(-c4ccc(-c5ccccc5)cc4)cc3)c3ccc(-c4ccc5c(c4)-c4ccccc4C54C5CC6CC7CC4C7(C6)C5)cc3)cc21. The number of anilines is 3. The fraction of sp³-hybridized carbons (Fsp3) is 0.226. The molecule has 6 aliphatic rings. The average molecular weight is 810 g/mol. The lowest BCUT2D eigenvalue weighted by atomic mass is 9.49. The Bertz CT molecular complexity index is 3140. The van der Waals surface area contributed by atoms with Crippen molar-refractivity contribution in [2.45, 2.75) is 56.8 Å². The lowest BCUT2D eigenvalue weighted by Gasteiger charge is -2.54. The van der Waals surface area contributed by atoms with Crippen molar-refractivity contribution < 1.29 is 0 Å². The predicted molar refractivity (Wildman–Crippen MR) is 261 cm³/mol. The topological polar surface area (TPSA) is 3.24 Å². The Hall–Kier alpha value is -6.44. The first-order chi connectivity index (χ1) is 30.9. The second-order valence-electron chi connectivity index (χ2n) is 20.6. The van der Waals surface area contributed by atoms with E-state index in [2.05, 4.69) is 207 Å². The van der Waals surface area contributed by atoms with Gasteiger partial charge >= 0.3 is 0 Å². The molecule has 0 saturated heterocycles. The van der Waals surface area contributed by atoms with E-state index in [4.69, 9.17) is 0 Å². The van der Waals surface area contributed by atoms with Crippen molar-refractivity contribution >= 4 is 17.1 Å². The normalized spacial score (nSPS) is 25.6. The van der Waals surface area contributed by atoms with Gasteiger partial charge in [-0.15, -0.1) is 0 Å². The summed E-state index contributed by atoms with van der Waals surface area (Å²) in [6.45, 7) is 4.75. The molecule has 0 N–H and O–H groups in total. The van der Waals surface area contributed by atoms with Gasteiger partial charge in [-0.2, -0.15) is 0 Å². The van der Waals surface area contributed by atoms with Gasteiger partial charge in [-0.05, 0) is 182 Å². The molecule has 8 aromatic carbocycles. The molecular formula is C62H51N. The Labute approximate surface area is 372 Å². The quantitative estimate of drug-likeness (QED) is 0.162. The number of nitrogens with zero attached hydrogens (tertiary/aromatic N) is 1. The highest BCUT2D eigenvalue weighted by molar-refractivity contribution is 5.88. The number of hydrogen-bond donors (Lipinski definition) is 0. The van der Waals surface area contributed by atoms with Crippen LogP contribution in [0.15, 0.2) is 188 Å². The molecule has 1 heteroatoms. The molecule has 0 heterocycles. The summed E-state index contributed by atoms with van der Waals surface area (Å²) in [5.74, 6) is 3.56. The van der Waals surface area contributed by atoms with E-state index in [1.807, 2.05) is 0 Å². The maximum absolute atomic E-state index is 2.57. The second kappa shape index (κ2) is 12.8. The summed E-state index contributed by atoms with van der Waals surface area (Å²) in [7, 11) is 0. The minimum Gasteiger partial charge on any atom is -0.310 e. The predicted octanol–water partition coefficient (Wildman–Crippen LogP) is 16.2. The summed E-state index contributed by atoms with van der Waals surface area (Å²) >= 11 is 0. The van der Waals surface area contributed by atoms with Crippen molar-refractivity contribution in [2.24, 2.45) is 29.1 Å². The Balaban J connectivity index is 0.837. The van der Waals surface area contributed by atoms with E-state index in [9.17, 15) is 0 Å². The molecule has 0 radical (unpaired) electrons. The Morgan fingerprint density at radius 1 is 0.381 bits per heavy atom. The van der Waals surface area contributed by atoms with Crippen LogP contribution < -0.4 is 4.90 Å². The van der Waals surface area contributed by atoms with Gasteiger partial charge in [0.15, 0.2) is 0 Å². The zero-order valence-corrected chi connectivity index (χ0v) is 36.2. The molecule has 2 spiro atoms. The van der Waals surface area contributed by atoms with Crippen LogP contribution in [-0.4, -0.2) is 0 Å². The van der Waals surface area contributed by atoms with Crippen molar-refractivity contribution in [1.29, 1.82) is 0 Å². The van der Waals surface area contributed by atoms with Gasteiger partial charge < -0.3 is 4.90 Å². The van der Waals surface area contributed by atoms with E-state index in [0.29, 0.717) is 5.41 Å². The number of fused-ring (bicyclic) bond motifs is 12. The molecule has 6 atom stereocenters. The van der Waals surface area contributed by atoms with Gasteiger partial charge in [-0.1, -0.05) is 159 Å². The summed E-state index contributed by atoms with van der Waals surface area (Å²) in [4.78, 5) is 2.45. The maximum Gasteiger partial charge on any atom is 0.0465 e. The minimum absolute atomic E-state index is 0.0885. The number of rotatable bonds is 6. The van der Waals surface area contributed by atoms with Crippen LogP contribution in [0.5, 0.6) is 0 Å². The minimum atomic E-state index is -0.0885. The molecule has 304 valence electrons. The average Bonchev–Trinajstić information content (AvgIpc) is 3.88.